The zero-order valence-electron chi connectivity index (χ0n) is 12.6. The highest BCUT2D eigenvalue weighted by molar-refractivity contribution is 4.92. The maximum atomic E-state index is 5.40. The topological polar surface area (TPSA) is 54.2 Å². The van der Waals surface area contributed by atoms with Crippen LogP contribution in [0.2, 0.25) is 0 Å². The number of hydrogen-bond acceptors (Lipinski definition) is 5. The van der Waals surface area contributed by atoms with E-state index in [1.807, 2.05) is 0 Å². The monoisotopic (exact) mass is 278 g/mol. The molecule has 1 aromatic rings. The van der Waals surface area contributed by atoms with Crippen molar-refractivity contribution in [3.63, 3.8) is 0 Å². The van der Waals surface area contributed by atoms with E-state index in [4.69, 9.17) is 4.52 Å². The van der Waals surface area contributed by atoms with Crippen LogP contribution in [0, 0.1) is 5.92 Å². The van der Waals surface area contributed by atoms with E-state index >= 15 is 0 Å². The molecule has 1 N–H and O–H groups in total. The number of hydrogen-bond donors (Lipinski definition) is 1. The van der Waals surface area contributed by atoms with Crippen molar-refractivity contribution in [1.82, 2.24) is 20.4 Å². The Kier molecular flexibility index (Phi) is 4.36. The quantitative estimate of drug-likeness (QED) is 0.828. The predicted molar refractivity (Wildman–Crippen MR) is 77.4 cm³/mol. The van der Waals surface area contributed by atoms with Crippen LogP contribution in [0.5, 0.6) is 0 Å². The Morgan fingerprint density at radius 1 is 1.30 bits per heavy atom. The Balaban J connectivity index is 1.58. The molecule has 0 bridgehead atoms. The Morgan fingerprint density at radius 2 is 2.15 bits per heavy atom. The van der Waals surface area contributed by atoms with E-state index in [9.17, 15) is 0 Å². The molecule has 1 aliphatic heterocycles. The first-order valence-electron chi connectivity index (χ1n) is 7.99. The standard InChI is InChI=1S/C15H26N4O/c1-11(2)15-17-14(20-18-15)10-19(8-12-5-6-12)9-13-4-3-7-16-13/h11-13,16H,3-10H2,1-2H3. The van der Waals surface area contributed by atoms with E-state index in [0.717, 1.165) is 30.7 Å². The molecule has 2 aliphatic rings. The summed E-state index contributed by atoms with van der Waals surface area (Å²) in [6.07, 6.45) is 5.37. The fourth-order valence-corrected chi connectivity index (χ4v) is 2.85. The first kappa shape index (κ1) is 14.0. The molecule has 2 fully saturated rings. The Morgan fingerprint density at radius 3 is 2.75 bits per heavy atom. The van der Waals surface area contributed by atoms with Gasteiger partial charge in [-0.05, 0) is 38.1 Å². The van der Waals surface area contributed by atoms with Crippen LogP contribution in [0.1, 0.15) is 57.2 Å². The molecular formula is C15H26N4O. The van der Waals surface area contributed by atoms with Gasteiger partial charge in [0.15, 0.2) is 5.82 Å². The molecule has 1 atom stereocenters. The molecule has 2 heterocycles. The van der Waals surface area contributed by atoms with Crippen molar-refractivity contribution in [1.29, 1.82) is 0 Å². The van der Waals surface area contributed by atoms with Crippen LogP contribution in [-0.2, 0) is 6.54 Å². The summed E-state index contributed by atoms with van der Waals surface area (Å²) in [5.74, 6) is 2.82. The summed E-state index contributed by atoms with van der Waals surface area (Å²) in [6.45, 7) is 8.44. The smallest absolute Gasteiger partial charge is 0.240 e. The van der Waals surface area contributed by atoms with Crippen molar-refractivity contribution in [2.45, 2.75) is 58.0 Å². The number of aromatic nitrogens is 2. The van der Waals surface area contributed by atoms with Crippen LogP contribution in [-0.4, -0.2) is 40.7 Å². The van der Waals surface area contributed by atoms with E-state index < -0.39 is 0 Å². The van der Waals surface area contributed by atoms with E-state index in [0.29, 0.717) is 12.0 Å². The van der Waals surface area contributed by atoms with Gasteiger partial charge in [-0.2, -0.15) is 4.98 Å². The van der Waals surface area contributed by atoms with Gasteiger partial charge in [-0.3, -0.25) is 4.90 Å². The van der Waals surface area contributed by atoms with Crippen LogP contribution in [0.4, 0.5) is 0 Å². The maximum absolute atomic E-state index is 5.40. The predicted octanol–water partition coefficient (Wildman–Crippen LogP) is 2.16. The summed E-state index contributed by atoms with van der Waals surface area (Å²) in [6, 6.07) is 0.640. The molecule has 3 rings (SSSR count). The molecule has 0 amide bonds. The van der Waals surface area contributed by atoms with Crippen molar-refractivity contribution in [2.24, 2.45) is 5.92 Å². The minimum Gasteiger partial charge on any atom is -0.338 e. The fourth-order valence-electron chi connectivity index (χ4n) is 2.85. The lowest BCUT2D eigenvalue weighted by Crippen LogP contribution is -2.38. The minimum absolute atomic E-state index is 0.334. The lowest BCUT2D eigenvalue weighted by molar-refractivity contribution is 0.202. The summed E-state index contributed by atoms with van der Waals surface area (Å²) in [5, 5.41) is 7.65. The van der Waals surface area contributed by atoms with Crippen LogP contribution in [0.25, 0.3) is 0 Å². The van der Waals surface area contributed by atoms with E-state index in [1.54, 1.807) is 0 Å². The second kappa shape index (κ2) is 6.22. The van der Waals surface area contributed by atoms with E-state index in [-0.39, 0.29) is 0 Å². The van der Waals surface area contributed by atoms with Gasteiger partial charge in [0.05, 0.1) is 6.54 Å². The molecular weight excluding hydrogens is 252 g/mol. The molecule has 5 heteroatoms. The van der Waals surface area contributed by atoms with Gasteiger partial charge in [0.2, 0.25) is 5.89 Å². The van der Waals surface area contributed by atoms with Crippen molar-refractivity contribution in [3.05, 3.63) is 11.7 Å². The highest BCUT2D eigenvalue weighted by Crippen LogP contribution is 2.30. The van der Waals surface area contributed by atoms with Crippen molar-refractivity contribution < 1.29 is 4.52 Å². The van der Waals surface area contributed by atoms with Gasteiger partial charge in [-0.1, -0.05) is 19.0 Å². The Hall–Kier alpha value is -0.940. The molecule has 1 saturated heterocycles. The summed E-state index contributed by atoms with van der Waals surface area (Å²) in [4.78, 5) is 7.01. The average Bonchev–Trinajstić information content (AvgIpc) is 2.91. The molecule has 5 nitrogen and oxygen atoms in total. The molecule has 0 radical (unpaired) electrons. The second-order valence-corrected chi connectivity index (χ2v) is 6.63. The molecule has 20 heavy (non-hydrogen) atoms. The third-order valence-electron chi connectivity index (χ3n) is 4.21. The number of nitrogens with one attached hydrogen (secondary N) is 1. The molecule has 0 spiro atoms. The summed E-state index contributed by atoms with van der Waals surface area (Å²) >= 11 is 0. The van der Waals surface area contributed by atoms with Gasteiger partial charge in [-0.25, -0.2) is 0 Å². The molecule has 112 valence electrons. The van der Waals surface area contributed by atoms with Gasteiger partial charge in [0.25, 0.3) is 0 Å². The fraction of sp³-hybridized carbons (Fsp3) is 0.867. The third kappa shape index (κ3) is 3.79. The third-order valence-corrected chi connectivity index (χ3v) is 4.21. The lowest BCUT2D eigenvalue weighted by Gasteiger charge is -2.24. The van der Waals surface area contributed by atoms with Crippen molar-refractivity contribution >= 4 is 0 Å². The van der Waals surface area contributed by atoms with Gasteiger partial charge in [0.1, 0.15) is 0 Å². The van der Waals surface area contributed by atoms with Crippen molar-refractivity contribution in [2.75, 3.05) is 19.6 Å². The Bertz CT molecular complexity index is 421. The normalized spacial score (nSPS) is 23.1. The number of rotatable bonds is 7. The molecule has 0 aromatic carbocycles. The zero-order chi connectivity index (χ0) is 13.9. The van der Waals surface area contributed by atoms with Crippen LogP contribution in [0.15, 0.2) is 4.52 Å². The van der Waals surface area contributed by atoms with Crippen LogP contribution in [0.3, 0.4) is 0 Å². The first-order chi connectivity index (χ1) is 9.70. The van der Waals surface area contributed by atoms with Gasteiger partial charge < -0.3 is 9.84 Å². The van der Waals surface area contributed by atoms with Crippen molar-refractivity contribution in [3.8, 4) is 0 Å². The summed E-state index contributed by atoms with van der Waals surface area (Å²) in [5.41, 5.74) is 0. The second-order valence-electron chi connectivity index (χ2n) is 6.63. The van der Waals surface area contributed by atoms with Gasteiger partial charge in [0, 0.05) is 25.0 Å². The molecule has 1 aromatic heterocycles. The van der Waals surface area contributed by atoms with Crippen LogP contribution < -0.4 is 5.32 Å². The van der Waals surface area contributed by atoms with Crippen LogP contribution >= 0.6 is 0 Å². The lowest BCUT2D eigenvalue weighted by atomic mass is 10.2. The summed E-state index contributed by atoms with van der Waals surface area (Å²) in [7, 11) is 0. The highest BCUT2D eigenvalue weighted by atomic mass is 16.5. The van der Waals surface area contributed by atoms with Gasteiger partial charge in [-0.15, -0.1) is 0 Å². The highest BCUT2D eigenvalue weighted by Gasteiger charge is 2.27. The molecule has 1 saturated carbocycles. The summed E-state index contributed by atoms with van der Waals surface area (Å²) < 4.78 is 5.40. The van der Waals surface area contributed by atoms with E-state index in [1.165, 1.54) is 38.8 Å². The SMILES string of the molecule is CC(C)c1noc(CN(CC2CC2)CC2CCCN2)n1. The Labute approximate surface area is 121 Å². The first-order valence-corrected chi connectivity index (χ1v) is 7.99. The average molecular weight is 278 g/mol. The maximum Gasteiger partial charge on any atom is 0.240 e. The van der Waals surface area contributed by atoms with E-state index in [2.05, 4.69) is 34.2 Å². The number of nitrogens with zero attached hydrogens (tertiary/aromatic N) is 3. The zero-order valence-corrected chi connectivity index (χ0v) is 12.6. The largest absolute Gasteiger partial charge is 0.338 e. The molecule has 1 unspecified atom stereocenters. The van der Waals surface area contributed by atoms with Gasteiger partial charge >= 0.3 is 0 Å². The molecule has 1 aliphatic carbocycles. The minimum atomic E-state index is 0.334.